The quantitative estimate of drug-likeness (QED) is 0.263. The largest absolute Gasteiger partial charge is 0.459 e. The summed E-state index contributed by atoms with van der Waals surface area (Å²) in [5, 5.41) is 20.2. The predicted molar refractivity (Wildman–Crippen MR) is 268 cm³/mol. The van der Waals surface area contributed by atoms with Gasteiger partial charge in [0.15, 0.2) is 17.4 Å². The molecule has 16 rings (SSSR count). The van der Waals surface area contributed by atoms with Crippen molar-refractivity contribution in [2.75, 3.05) is 6.61 Å². The third kappa shape index (κ3) is 8.95. The average molecular weight is 1080 g/mol. The second kappa shape index (κ2) is 19.4. The second-order valence-electron chi connectivity index (χ2n) is 27.0. The third-order valence-electron chi connectivity index (χ3n) is 21.6. The summed E-state index contributed by atoms with van der Waals surface area (Å²) in [5.74, 6) is -2.57. The van der Waals surface area contributed by atoms with Gasteiger partial charge in [-0.25, -0.2) is 0 Å². The van der Waals surface area contributed by atoms with Crippen LogP contribution < -0.4 is 0 Å². The molecular weight excluding hydrogens is 997 g/mol. The zero-order chi connectivity index (χ0) is 52.4. The van der Waals surface area contributed by atoms with Crippen LogP contribution in [0.25, 0.3) is 0 Å². The highest BCUT2D eigenvalue weighted by molar-refractivity contribution is 5.70. The maximum absolute atomic E-state index is 14.6. The molecule has 0 radical (unpaired) electrons. The number of hydrogen-bond donors (Lipinski definition) is 2. The summed E-state index contributed by atoms with van der Waals surface area (Å²) < 4.78 is 104. The van der Waals surface area contributed by atoms with E-state index in [1.807, 2.05) is 0 Å². The molecule has 16 aliphatic rings. The van der Waals surface area contributed by atoms with Crippen LogP contribution >= 0.6 is 0 Å². The highest BCUT2D eigenvalue weighted by Gasteiger charge is 2.70. The number of fused-ring (bicyclic) bond motifs is 10. The number of rotatable bonds is 3. The number of carbonyl (C=O) groups excluding carboxylic acids is 1. The first-order chi connectivity index (χ1) is 37.1. The fourth-order valence-electron chi connectivity index (χ4n) is 18.0. The first kappa shape index (κ1) is 52.1. The Morgan fingerprint density at radius 2 is 1.18 bits per heavy atom. The van der Waals surface area contributed by atoms with Gasteiger partial charge in [0.1, 0.15) is 36.6 Å². The Morgan fingerprint density at radius 1 is 0.506 bits per heavy atom. The van der Waals surface area contributed by atoms with Gasteiger partial charge in [0.05, 0.1) is 116 Å². The van der Waals surface area contributed by atoms with E-state index in [2.05, 4.69) is 40.9 Å². The van der Waals surface area contributed by atoms with Gasteiger partial charge in [0.25, 0.3) is 0 Å². The molecule has 31 atom stereocenters. The summed E-state index contributed by atoms with van der Waals surface area (Å²) >= 11 is 0. The number of esters is 1. The molecule has 3 spiro atoms. The molecule has 0 aromatic carbocycles. The molecule has 18 heteroatoms. The van der Waals surface area contributed by atoms with E-state index >= 15 is 0 Å². The Hall–Kier alpha value is -1.69. The van der Waals surface area contributed by atoms with Crippen LogP contribution in [0.1, 0.15) is 143 Å². The number of aliphatic hydroxyl groups excluding tert-OH is 2. The molecule has 0 amide bonds. The molecule has 16 saturated heterocycles. The zero-order valence-corrected chi connectivity index (χ0v) is 45.4. The van der Waals surface area contributed by atoms with Crippen LogP contribution in [0.15, 0.2) is 24.3 Å². The fourth-order valence-corrected chi connectivity index (χ4v) is 18.0. The molecular formula is C59H84O18. The number of hydrogen-bond acceptors (Lipinski definition) is 18. The Balaban J connectivity index is 0.663. The topological polar surface area (TPSA) is 196 Å². The minimum Gasteiger partial charge on any atom is -0.459 e. The lowest BCUT2D eigenvalue weighted by Crippen LogP contribution is -2.62. The standard InChI is InChI=1S/C59H84O18/c1-26-15-32-7-9-36-27(2)16-34(63-36)11-13-57-24-45-53(76-57)54-55(70-45)56(77-57)52-37(67-54)10-8-33(65-52)17-47(62)71-51-31(6)50-42(66-41(51)18-38(64-32)30(26)5)20-40-44(69-50)23-59(72-40)25-46-49(75-59)29(4)22-58(74-46)21-28(3)48-43(73-58)19-39(68-48)35(61)12-14-60/h26,28-29,31-46,48-56,60-61H,2,5,7-25H2,1,3-4,6H3. The summed E-state index contributed by atoms with van der Waals surface area (Å²) in [6.07, 6.45) is 4.39. The summed E-state index contributed by atoms with van der Waals surface area (Å²) in [6.45, 7) is 17.8. The van der Waals surface area contributed by atoms with Crippen molar-refractivity contribution in [3.8, 4) is 0 Å². The van der Waals surface area contributed by atoms with Crippen LogP contribution in [0, 0.1) is 23.7 Å². The Labute approximate surface area is 452 Å². The average Bonchev–Trinajstić information content (AvgIpc) is 4.41. The van der Waals surface area contributed by atoms with Crippen molar-refractivity contribution in [3.63, 3.8) is 0 Å². The van der Waals surface area contributed by atoms with Gasteiger partial charge in [0.2, 0.25) is 0 Å². The fraction of sp³-hybridized carbons (Fsp3) is 0.915. The van der Waals surface area contributed by atoms with Crippen molar-refractivity contribution in [2.45, 2.75) is 307 Å². The van der Waals surface area contributed by atoms with E-state index in [1.54, 1.807) is 0 Å². The minimum absolute atomic E-state index is 0.0111. The molecule has 2 N–H and O–H groups in total. The van der Waals surface area contributed by atoms with Gasteiger partial charge in [-0.1, -0.05) is 40.9 Å². The molecule has 18 nitrogen and oxygen atoms in total. The van der Waals surface area contributed by atoms with Gasteiger partial charge in [-0.05, 0) is 80.3 Å². The van der Waals surface area contributed by atoms with E-state index in [-0.39, 0.29) is 165 Å². The van der Waals surface area contributed by atoms with Gasteiger partial charge >= 0.3 is 5.97 Å². The Morgan fingerprint density at radius 3 is 2.04 bits per heavy atom. The highest BCUT2D eigenvalue weighted by atomic mass is 16.8. The van der Waals surface area contributed by atoms with Crippen LogP contribution in [0.5, 0.6) is 0 Å². The van der Waals surface area contributed by atoms with Gasteiger partial charge < -0.3 is 81.3 Å². The van der Waals surface area contributed by atoms with E-state index in [1.165, 1.54) is 0 Å². The summed E-state index contributed by atoms with van der Waals surface area (Å²) in [4.78, 5) is 14.6. The monoisotopic (exact) mass is 1080 g/mol. The summed E-state index contributed by atoms with van der Waals surface area (Å²) in [6, 6.07) is 0. The second-order valence-corrected chi connectivity index (χ2v) is 27.0. The molecule has 12 bridgehead atoms. The smallest absolute Gasteiger partial charge is 0.308 e. The van der Waals surface area contributed by atoms with Gasteiger partial charge in [-0.15, -0.1) is 0 Å². The molecule has 16 heterocycles. The maximum Gasteiger partial charge on any atom is 0.308 e. The number of aliphatic hydroxyl groups is 2. The van der Waals surface area contributed by atoms with Crippen LogP contribution in [0.3, 0.4) is 0 Å². The van der Waals surface area contributed by atoms with Crippen molar-refractivity contribution in [1.29, 1.82) is 0 Å². The lowest BCUT2D eigenvalue weighted by Gasteiger charge is -2.50. The highest BCUT2D eigenvalue weighted by Crippen LogP contribution is 2.58. The van der Waals surface area contributed by atoms with Gasteiger partial charge in [0, 0.05) is 70.3 Å². The van der Waals surface area contributed by atoms with E-state index in [0.29, 0.717) is 64.2 Å². The molecule has 0 saturated carbocycles. The van der Waals surface area contributed by atoms with Crippen molar-refractivity contribution >= 4 is 5.97 Å². The molecule has 77 heavy (non-hydrogen) atoms. The van der Waals surface area contributed by atoms with Crippen molar-refractivity contribution in [2.24, 2.45) is 23.7 Å². The molecule has 31 unspecified atom stereocenters. The van der Waals surface area contributed by atoms with Crippen LogP contribution in [-0.2, 0) is 75.8 Å². The van der Waals surface area contributed by atoms with E-state index in [4.69, 9.17) is 71.1 Å². The van der Waals surface area contributed by atoms with Crippen LogP contribution in [0.4, 0.5) is 0 Å². The Kier molecular flexibility index (Phi) is 13.2. The minimum atomic E-state index is -0.900. The zero-order valence-electron chi connectivity index (χ0n) is 45.4. The number of carbonyl (C=O) groups is 1. The molecule has 0 aromatic rings. The molecule has 0 aliphatic carbocycles. The third-order valence-corrected chi connectivity index (χ3v) is 21.6. The van der Waals surface area contributed by atoms with E-state index in [9.17, 15) is 15.0 Å². The summed E-state index contributed by atoms with van der Waals surface area (Å²) in [7, 11) is 0. The molecule has 428 valence electrons. The van der Waals surface area contributed by atoms with Crippen LogP contribution in [-0.4, -0.2) is 187 Å². The predicted octanol–water partition coefficient (Wildman–Crippen LogP) is 5.56. The lowest BCUT2D eigenvalue weighted by molar-refractivity contribution is -0.347. The summed E-state index contributed by atoms with van der Waals surface area (Å²) in [5.41, 5.74) is 2.16. The molecule has 16 fully saturated rings. The van der Waals surface area contributed by atoms with E-state index in [0.717, 1.165) is 49.7 Å². The van der Waals surface area contributed by atoms with Gasteiger partial charge in [-0.2, -0.15) is 0 Å². The van der Waals surface area contributed by atoms with Crippen molar-refractivity contribution < 1.29 is 86.1 Å². The number of ether oxygens (including phenoxy) is 15. The SMILES string of the molecule is C=C1CC2CCC34CC5OC6C(OC7CCC(CC(=O)OC8C(CC9OC(CCC1O2)CC(C)C9=C)OC1CC2OC9(CC2OC1C8C)CC1OC2(CC(C)C8OC(C(O)CCO)CC8O2)CC(C)C1O9)OC7C6O3)C5O4. The first-order valence-electron chi connectivity index (χ1n) is 30.2. The van der Waals surface area contributed by atoms with Crippen LogP contribution in [0.2, 0.25) is 0 Å². The van der Waals surface area contributed by atoms with Gasteiger partial charge in [-0.3, -0.25) is 4.79 Å². The van der Waals surface area contributed by atoms with Crippen molar-refractivity contribution in [3.05, 3.63) is 24.3 Å². The molecule has 16 aliphatic heterocycles. The molecule has 0 aromatic heterocycles. The van der Waals surface area contributed by atoms with E-state index < -0.39 is 47.9 Å². The normalized spacial score (nSPS) is 57.9. The van der Waals surface area contributed by atoms with Crippen molar-refractivity contribution in [1.82, 2.24) is 0 Å². The lowest BCUT2D eigenvalue weighted by atomic mass is 9.79. The maximum atomic E-state index is 14.6. The Bertz CT molecular complexity index is 2290. The first-order valence-corrected chi connectivity index (χ1v) is 30.2.